The van der Waals surface area contributed by atoms with Crippen molar-refractivity contribution in [1.82, 2.24) is 0 Å². The number of ether oxygens (including phenoxy) is 13. The van der Waals surface area contributed by atoms with E-state index >= 15 is 0 Å². The largest absolute Gasteiger partial charge is 1.00 e. The first-order chi connectivity index (χ1) is 63.2. The van der Waals surface area contributed by atoms with E-state index in [-0.39, 0.29) is 148 Å². The van der Waals surface area contributed by atoms with Gasteiger partial charge in [0, 0.05) is 80.8 Å². The number of carboxylic acid groups (broad SMARTS) is 4. The van der Waals surface area contributed by atoms with E-state index in [1.807, 2.05) is 85.0 Å². The Kier molecular flexibility index (Phi) is 77.1. The summed E-state index contributed by atoms with van der Waals surface area (Å²) >= 11 is 1.96. The van der Waals surface area contributed by atoms with E-state index in [0.717, 1.165) is 37.9 Å². The van der Waals surface area contributed by atoms with Crippen molar-refractivity contribution in [2.24, 2.45) is 29.6 Å². The molecule has 11 atom stereocenters. The van der Waals surface area contributed by atoms with Crippen LogP contribution in [0.1, 0.15) is 198 Å². The van der Waals surface area contributed by atoms with E-state index in [2.05, 4.69) is 13.1 Å². The number of aliphatic hydroxyl groups is 6. The summed E-state index contributed by atoms with van der Waals surface area (Å²) in [4.78, 5) is 119. The third-order valence-corrected chi connectivity index (χ3v) is 19.5. The van der Waals surface area contributed by atoms with Gasteiger partial charge in [-0.15, -0.1) is 0 Å². The number of methoxy groups -OCH3 is 7. The topological polar surface area (TPSA) is 585 Å². The van der Waals surface area contributed by atoms with Gasteiger partial charge in [-0.05, 0) is 87.9 Å². The first-order valence-corrected chi connectivity index (χ1v) is 45.5. The standard InChI is InChI=1S/C16H22O5.C14H16O5.2C12H12O5.C12H16O4.C8H8O2.C5H12O2.C4H4O3.C4H6O2P2.C2H6O.CH3I.4CH4.BrH.H2O4S/c1-21-14-9-6-5-8-13(14)16(20)12(11-17)7-3-2-4-10-15(18)19;1-3-18-14(16)10-8-12(15)19-13(10)9-6-4-5-7-11(9)17-2;2*1-16-9-5-3-2-4-7(9)11-8(12(14)15)6-10(13)17-11;1-15-10-5-3-2-4-9(10)12-8(7-13)6-11(14)16-12;1-10-8-5-3-2-4-7(8)6-9;1-5(2,4-6)7-3;5-3-1-2-4(6)7-3;5-4(6)2-1-3-8-7;1-2-3;1-2;;;;;;1-5(2,3)4/h2-3,5-6,8-9,12,16-17,20H,4,7,10-11H2,1H3,(H,18,19);4-7,10,13H,3,8H2,1-2H3;2*2-5,8,11H,6H2,1H3,(H,14,15);2-5,8,11-14H,6-7H2,1H3;2-6H,1H3;6H,4H2,1-3H3;1-2H2;1-3H2;3H,2H2,1H3;1H3;4*1H4;1H;(H2,1,2,3,4)/b3-2-;;;;;;;;;;;;;;;;/t12-,16?;10-,13+;8-,11+;;8-,11?,12+;;;;;;;;;;;;/m100.1............/s1/i;;;;;;;;;;1D;;;;;;. The van der Waals surface area contributed by atoms with Gasteiger partial charge in [-0.1, -0.05) is 168 Å². The zero-order valence-electron chi connectivity index (χ0n) is 76.2. The second-order valence-electron chi connectivity index (χ2n) is 28.0. The van der Waals surface area contributed by atoms with Crippen molar-refractivity contribution in [1.29, 1.82) is 0 Å². The van der Waals surface area contributed by atoms with Gasteiger partial charge < -0.3 is 125 Å². The van der Waals surface area contributed by atoms with Crippen LogP contribution in [0.25, 0.3) is 0 Å². The van der Waals surface area contributed by atoms with E-state index in [1.54, 1.807) is 144 Å². The molecule has 0 aromatic heterocycles. The minimum atomic E-state index is -4.67. The van der Waals surface area contributed by atoms with Gasteiger partial charge in [0.15, 0.2) is 12.6 Å². The van der Waals surface area contributed by atoms with Crippen molar-refractivity contribution in [2.75, 3.05) is 93.9 Å². The van der Waals surface area contributed by atoms with Crippen molar-refractivity contribution in [3.8, 4) is 34.5 Å². The molecule has 770 valence electrons. The third-order valence-electron chi connectivity index (χ3n) is 18.4. The molecule has 4 unspecified atom stereocenters. The minimum Gasteiger partial charge on any atom is -1.00 e. The molecule has 5 aliphatic rings. The van der Waals surface area contributed by atoms with Gasteiger partial charge in [-0.25, -0.2) is 0 Å². The zero-order chi connectivity index (χ0) is 101. The number of benzene rings is 6. The van der Waals surface area contributed by atoms with Crippen LogP contribution >= 0.6 is 38.6 Å². The number of hydrogen-bond acceptors (Lipinski definition) is 32. The first-order valence-electron chi connectivity index (χ1n) is 41.0. The Morgan fingerprint density at radius 1 is 0.562 bits per heavy atom. The molecule has 0 bridgehead atoms. The van der Waals surface area contributed by atoms with Gasteiger partial charge in [-0.2, -0.15) is 8.42 Å². The monoisotopic (exact) mass is 2170 g/mol. The Morgan fingerprint density at radius 2 is 0.912 bits per heavy atom. The molecule has 5 aliphatic heterocycles. The maximum absolute atomic E-state index is 11.9. The fourth-order valence-electron chi connectivity index (χ4n) is 11.9. The number of aldehydes is 1. The Morgan fingerprint density at radius 3 is 1.22 bits per heavy atom. The molecule has 5 heterocycles. The summed E-state index contributed by atoms with van der Waals surface area (Å²) in [6.45, 7) is 7.50. The fourth-order valence-corrected chi connectivity index (χ4v) is 12.6. The molecular formula is C94H136BrIO38P2S. The predicted octanol–water partition coefficient (Wildman–Crippen LogP) is 11.7. The number of aliphatic hydroxyl groups excluding tert-OH is 6. The quantitative estimate of drug-likeness (QED) is 0.00198. The number of cyclic esters (lactones) is 5. The third kappa shape index (κ3) is 54.3. The number of rotatable bonds is 29. The number of aliphatic carboxylic acids is 4. The Hall–Kier alpha value is -9.95. The summed E-state index contributed by atoms with van der Waals surface area (Å²) in [6, 6.07) is 42.8. The summed E-state index contributed by atoms with van der Waals surface area (Å²) in [6.07, 6.45) is 3.92. The second kappa shape index (κ2) is 77.9. The first kappa shape index (κ1) is 136. The maximum atomic E-state index is 11.9. The van der Waals surface area contributed by atoms with Gasteiger partial charge >= 0.3 is 115 Å². The minimum absolute atomic E-state index is 0. The van der Waals surface area contributed by atoms with Crippen molar-refractivity contribution in [3.05, 3.63) is 191 Å². The van der Waals surface area contributed by atoms with Gasteiger partial charge in [0.1, 0.15) is 70.6 Å². The van der Waals surface area contributed by atoms with Gasteiger partial charge in [0.2, 0.25) is 0 Å². The summed E-state index contributed by atoms with van der Waals surface area (Å²) in [5.74, 6) is -5.39. The number of alkyl halides is 1. The number of carboxylic acids is 4. The molecule has 6 aromatic rings. The van der Waals surface area contributed by atoms with Crippen molar-refractivity contribution in [3.63, 3.8) is 0 Å². The summed E-state index contributed by atoms with van der Waals surface area (Å²) in [7, 11) is 11.0. The van der Waals surface area contributed by atoms with E-state index in [1.165, 1.54) is 28.4 Å². The number of hydrogen-bond donors (Lipinski definition) is 12. The summed E-state index contributed by atoms with van der Waals surface area (Å²) in [5, 5.41) is 89.3. The molecule has 0 amide bonds. The molecule has 0 saturated carbocycles. The molecule has 0 radical (unpaired) electrons. The molecule has 5 fully saturated rings. The van der Waals surface area contributed by atoms with Gasteiger partial charge in [-0.3, -0.25) is 57.1 Å². The van der Waals surface area contributed by atoms with Crippen molar-refractivity contribution >= 4 is 115 Å². The number of carbonyl (C=O) groups excluding carboxylic acids is 7. The van der Waals surface area contributed by atoms with Crippen LogP contribution in [0.15, 0.2) is 158 Å². The molecule has 43 heteroatoms. The smallest absolute Gasteiger partial charge is 0.394 e. The number of esters is 6. The molecule has 5 saturated heterocycles. The molecule has 0 spiro atoms. The average molecular weight is 2180 g/mol. The predicted molar refractivity (Wildman–Crippen MR) is 515 cm³/mol. The van der Waals surface area contributed by atoms with Crippen LogP contribution in [-0.4, -0.2) is 240 Å². The summed E-state index contributed by atoms with van der Waals surface area (Å²) < 4.78 is 103. The van der Waals surface area contributed by atoms with Crippen LogP contribution in [0.2, 0.25) is 0 Å². The van der Waals surface area contributed by atoms with Crippen LogP contribution in [-0.2, 0) is 91.5 Å². The van der Waals surface area contributed by atoms with E-state index in [9.17, 15) is 73.2 Å². The Balaban J connectivity index is -0.000000355. The maximum Gasteiger partial charge on any atom is 0.394 e. The number of para-hydroxylation sites is 6. The number of carbonyl (C=O) groups is 11. The summed E-state index contributed by atoms with van der Waals surface area (Å²) in [5.41, 5.74) is 3.61. The Bertz CT molecular complexity index is 4600. The van der Waals surface area contributed by atoms with Crippen molar-refractivity contribution < 1.29 is 201 Å². The zero-order valence-corrected chi connectivity index (χ0v) is 81.6. The molecule has 38 nitrogen and oxygen atoms in total. The van der Waals surface area contributed by atoms with Crippen LogP contribution in [0.4, 0.5) is 0 Å². The van der Waals surface area contributed by atoms with E-state index in [0.29, 0.717) is 80.7 Å². The van der Waals surface area contributed by atoms with Crippen LogP contribution in [0.5, 0.6) is 34.5 Å². The van der Waals surface area contributed by atoms with Gasteiger partial charge in [0.25, 0.3) is 0 Å². The van der Waals surface area contributed by atoms with Crippen LogP contribution < -0.4 is 45.4 Å². The molecule has 137 heavy (non-hydrogen) atoms. The fraction of sp³-hybridized carbons (Fsp3) is 0.479. The van der Waals surface area contributed by atoms with Gasteiger partial charge in [0.05, 0.1) is 111 Å². The normalized spacial score (nSPS) is 17.8. The molecule has 6 aromatic carbocycles. The Labute approximate surface area is 830 Å². The van der Waals surface area contributed by atoms with Crippen LogP contribution in [0, 0.1) is 29.6 Å². The average Bonchev–Trinajstić information content (AvgIpc) is 2.42. The second-order valence-corrected chi connectivity index (χ2v) is 30.4. The molecule has 12 N–H and O–H groups in total. The molecule has 0 aliphatic carbocycles. The van der Waals surface area contributed by atoms with Crippen LogP contribution in [0.3, 0.4) is 0 Å². The molecular weight excluding hydrogens is 2040 g/mol. The molecule has 11 rings (SSSR count). The SMILES string of the molecule is C.C.C.C.CCO.CCOC(=O)[C@H]1CC(=O)O[C@@H]1c1ccccc1OC.COC(C)(C)CO.COc1ccccc1C(O)[C@@H](CO)C/C=C\CCC(=O)O.COc1ccccc1C1OC(=O)CC1C(=O)O.COc1ccccc1C=O.COc1ccccc1[C@H]1OC(=O)C[C@@H]1C(=O)O.COc1ccccc1[C@H]1OC(O)C[C@@H]1CO.O=C(O)CCC[P+]#P.O=C1CCC(=O)O1.O=S(=O)(O)O.[2H]CI.[Br-]. The van der Waals surface area contributed by atoms with Crippen molar-refractivity contribution in [2.45, 2.75) is 170 Å². The number of allylic oxidation sites excluding steroid dienone is 2. The van der Waals surface area contributed by atoms with E-state index in [4.69, 9.17) is 106 Å². The van der Waals surface area contributed by atoms with E-state index < -0.39 is 119 Å². The number of halogens is 2.